The highest BCUT2D eigenvalue weighted by molar-refractivity contribution is 5.69. The Bertz CT molecular complexity index is 374. The first-order chi connectivity index (χ1) is 10.2. The summed E-state index contributed by atoms with van der Waals surface area (Å²) in [5, 5.41) is 10.9. The summed E-state index contributed by atoms with van der Waals surface area (Å²) in [5.41, 5.74) is -1.03. The minimum atomic E-state index is -0.571. The highest BCUT2D eigenvalue weighted by atomic mass is 16.6. The number of rotatable bonds is 5. The molecule has 0 aromatic carbocycles. The van der Waals surface area contributed by atoms with E-state index >= 15 is 0 Å². The molecule has 0 aromatic heterocycles. The molecule has 2 unspecified atom stereocenters. The number of carbonyl (C=O) groups is 1. The molecule has 0 aromatic rings. The smallest absolute Gasteiger partial charge is 0.410 e. The zero-order valence-corrected chi connectivity index (χ0v) is 14.7. The van der Waals surface area contributed by atoms with Crippen LogP contribution in [0.2, 0.25) is 0 Å². The fraction of sp³-hybridized carbons (Fsp3) is 0.944. The Balaban J connectivity index is 1.92. The van der Waals surface area contributed by atoms with E-state index in [1.165, 1.54) is 19.3 Å². The third-order valence-corrected chi connectivity index (χ3v) is 4.95. The molecule has 2 atom stereocenters. The average molecular weight is 311 g/mol. The fourth-order valence-corrected chi connectivity index (χ4v) is 4.02. The second-order valence-electron chi connectivity index (χ2n) is 8.22. The molecule has 2 saturated heterocycles. The molecule has 2 aliphatic heterocycles. The molecular weight excluding hydrogens is 278 g/mol. The van der Waals surface area contributed by atoms with Crippen molar-refractivity contribution in [3.8, 4) is 0 Å². The number of ether oxygens (including phenoxy) is 1. The molecule has 2 bridgehead atoms. The van der Waals surface area contributed by atoms with Crippen molar-refractivity contribution in [1.29, 1.82) is 0 Å². The molecule has 0 saturated carbocycles. The van der Waals surface area contributed by atoms with E-state index in [2.05, 4.69) is 6.92 Å². The highest BCUT2D eigenvalue weighted by Crippen LogP contribution is 2.43. The minimum Gasteiger partial charge on any atom is -0.444 e. The zero-order valence-electron chi connectivity index (χ0n) is 14.7. The second-order valence-corrected chi connectivity index (χ2v) is 8.22. The van der Waals surface area contributed by atoms with Crippen molar-refractivity contribution >= 4 is 6.09 Å². The van der Waals surface area contributed by atoms with E-state index in [0.29, 0.717) is 0 Å². The SMILES string of the molecule is CCCCCCC1(O)CC2CCC(C1)N2C(=O)OC(C)(C)C. The number of nitrogens with zero attached hydrogens (tertiary/aromatic N) is 1. The van der Waals surface area contributed by atoms with E-state index in [-0.39, 0.29) is 18.2 Å². The van der Waals surface area contributed by atoms with Gasteiger partial charge in [0.1, 0.15) is 5.60 Å². The van der Waals surface area contributed by atoms with Gasteiger partial charge in [0, 0.05) is 12.1 Å². The van der Waals surface area contributed by atoms with Gasteiger partial charge in [-0.25, -0.2) is 4.79 Å². The molecule has 2 heterocycles. The van der Waals surface area contributed by atoms with Crippen LogP contribution < -0.4 is 0 Å². The molecule has 4 nitrogen and oxygen atoms in total. The summed E-state index contributed by atoms with van der Waals surface area (Å²) in [6, 6.07) is 0.314. The van der Waals surface area contributed by atoms with E-state index in [0.717, 1.165) is 38.5 Å². The van der Waals surface area contributed by atoms with Gasteiger partial charge in [0.2, 0.25) is 0 Å². The molecule has 128 valence electrons. The molecule has 2 aliphatic rings. The first kappa shape index (κ1) is 17.6. The minimum absolute atomic E-state index is 0.157. The number of aliphatic hydroxyl groups is 1. The van der Waals surface area contributed by atoms with Crippen LogP contribution in [0.15, 0.2) is 0 Å². The van der Waals surface area contributed by atoms with Crippen molar-refractivity contribution in [2.45, 2.75) is 109 Å². The summed E-state index contributed by atoms with van der Waals surface area (Å²) in [6.07, 6.45) is 8.87. The molecule has 0 radical (unpaired) electrons. The van der Waals surface area contributed by atoms with Crippen LogP contribution in [0.3, 0.4) is 0 Å². The molecule has 2 fully saturated rings. The van der Waals surface area contributed by atoms with E-state index in [4.69, 9.17) is 4.74 Å². The van der Waals surface area contributed by atoms with Crippen LogP contribution in [0.5, 0.6) is 0 Å². The summed E-state index contributed by atoms with van der Waals surface area (Å²) in [4.78, 5) is 14.3. The van der Waals surface area contributed by atoms with Crippen molar-refractivity contribution in [2.24, 2.45) is 0 Å². The molecule has 2 rings (SSSR count). The molecule has 1 N–H and O–H groups in total. The maximum absolute atomic E-state index is 12.4. The van der Waals surface area contributed by atoms with Crippen molar-refractivity contribution < 1.29 is 14.6 Å². The van der Waals surface area contributed by atoms with Crippen molar-refractivity contribution in [1.82, 2.24) is 4.90 Å². The molecule has 0 spiro atoms. The lowest BCUT2D eigenvalue weighted by molar-refractivity contribution is -0.0635. The van der Waals surface area contributed by atoms with E-state index < -0.39 is 11.2 Å². The van der Waals surface area contributed by atoms with Gasteiger partial charge < -0.3 is 14.7 Å². The predicted molar refractivity (Wildman–Crippen MR) is 87.8 cm³/mol. The van der Waals surface area contributed by atoms with Gasteiger partial charge in [-0.3, -0.25) is 0 Å². The second kappa shape index (κ2) is 6.77. The number of hydrogen-bond donors (Lipinski definition) is 1. The summed E-state index contributed by atoms with van der Waals surface area (Å²) in [7, 11) is 0. The number of unbranched alkanes of at least 4 members (excludes halogenated alkanes) is 3. The van der Waals surface area contributed by atoms with Crippen LogP contribution in [0.25, 0.3) is 0 Å². The third-order valence-electron chi connectivity index (χ3n) is 4.95. The lowest BCUT2D eigenvalue weighted by Crippen LogP contribution is -2.54. The number of fused-ring (bicyclic) bond motifs is 2. The van der Waals surface area contributed by atoms with Gasteiger partial charge in [0.25, 0.3) is 0 Å². The van der Waals surface area contributed by atoms with Crippen molar-refractivity contribution in [3.05, 3.63) is 0 Å². The van der Waals surface area contributed by atoms with E-state index in [1.54, 1.807) is 0 Å². The Labute approximate surface area is 135 Å². The van der Waals surface area contributed by atoms with Crippen LogP contribution in [0, 0.1) is 0 Å². The summed E-state index contributed by atoms with van der Waals surface area (Å²) in [5.74, 6) is 0. The quantitative estimate of drug-likeness (QED) is 0.772. The van der Waals surface area contributed by atoms with Gasteiger partial charge in [0.05, 0.1) is 5.60 Å². The van der Waals surface area contributed by atoms with Crippen LogP contribution in [0.1, 0.15) is 85.5 Å². The lowest BCUT2D eigenvalue weighted by Gasteiger charge is -2.44. The number of amides is 1. The Morgan fingerprint density at radius 1 is 1.18 bits per heavy atom. The van der Waals surface area contributed by atoms with Crippen molar-refractivity contribution in [2.75, 3.05) is 0 Å². The summed E-state index contributed by atoms with van der Waals surface area (Å²) in [6.45, 7) is 7.91. The predicted octanol–water partition coefficient (Wildman–Crippen LogP) is 4.25. The van der Waals surface area contributed by atoms with Gasteiger partial charge in [-0.05, 0) is 52.9 Å². The summed E-state index contributed by atoms with van der Waals surface area (Å²) >= 11 is 0. The monoisotopic (exact) mass is 311 g/mol. The Hall–Kier alpha value is -0.770. The van der Waals surface area contributed by atoms with Crippen LogP contribution in [0.4, 0.5) is 4.79 Å². The molecule has 22 heavy (non-hydrogen) atoms. The Morgan fingerprint density at radius 2 is 1.77 bits per heavy atom. The Morgan fingerprint density at radius 3 is 2.27 bits per heavy atom. The zero-order chi connectivity index (χ0) is 16.4. The van der Waals surface area contributed by atoms with Gasteiger partial charge in [-0.1, -0.05) is 32.6 Å². The summed E-state index contributed by atoms with van der Waals surface area (Å²) < 4.78 is 5.54. The van der Waals surface area contributed by atoms with E-state index in [9.17, 15) is 9.90 Å². The van der Waals surface area contributed by atoms with Gasteiger partial charge in [-0.2, -0.15) is 0 Å². The first-order valence-corrected chi connectivity index (χ1v) is 8.98. The van der Waals surface area contributed by atoms with Gasteiger partial charge in [-0.15, -0.1) is 0 Å². The van der Waals surface area contributed by atoms with Gasteiger partial charge in [0.15, 0.2) is 0 Å². The third kappa shape index (κ3) is 4.37. The topological polar surface area (TPSA) is 49.8 Å². The normalized spacial score (nSPS) is 31.4. The fourth-order valence-electron chi connectivity index (χ4n) is 4.02. The first-order valence-electron chi connectivity index (χ1n) is 8.98. The van der Waals surface area contributed by atoms with Crippen LogP contribution in [-0.2, 0) is 4.74 Å². The molecule has 1 amide bonds. The molecule has 0 aliphatic carbocycles. The lowest BCUT2D eigenvalue weighted by atomic mass is 9.82. The van der Waals surface area contributed by atoms with Crippen LogP contribution >= 0.6 is 0 Å². The maximum Gasteiger partial charge on any atom is 0.410 e. The van der Waals surface area contributed by atoms with Crippen molar-refractivity contribution in [3.63, 3.8) is 0 Å². The van der Waals surface area contributed by atoms with Crippen LogP contribution in [-0.4, -0.2) is 39.4 Å². The average Bonchev–Trinajstić information content (AvgIpc) is 2.67. The molecule has 4 heteroatoms. The number of hydrogen-bond acceptors (Lipinski definition) is 3. The largest absolute Gasteiger partial charge is 0.444 e. The molecular formula is C18H33NO3. The number of piperidine rings is 1. The maximum atomic E-state index is 12.4. The number of carbonyl (C=O) groups excluding carboxylic acids is 1. The highest BCUT2D eigenvalue weighted by Gasteiger charge is 2.49. The Kier molecular flexibility index (Phi) is 5.41. The standard InChI is InChI=1S/C18H33NO3/c1-5-6-7-8-11-18(21)12-14-9-10-15(13-18)19(14)16(20)22-17(2,3)4/h14-15,21H,5-13H2,1-4H3. The van der Waals surface area contributed by atoms with E-state index in [1.807, 2.05) is 25.7 Å². The van der Waals surface area contributed by atoms with Gasteiger partial charge >= 0.3 is 6.09 Å².